The van der Waals surface area contributed by atoms with Crippen LogP contribution in [0.4, 0.5) is 0 Å². The van der Waals surface area contributed by atoms with E-state index in [2.05, 4.69) is 0 Å². The molecule has 1 heterocycles. The Hall–Kier alpha value is 0.0200. The zero-order valence-corrected chi connectivity index (χ0v) is 8.50. The average Bonchev–Trinajstić information content (AvgIpc) is 2.11. The Morgan fingerprint density at radius 3 is 2.17 bits per heavy atom. The van der Waals surface area contributed by atoms with Gasteiger partial charge in [-0.05, 0) is 12.8 Å². The average molecular weight is 186 g/mol. The first-order chi connectivity index (χ1) is 5.89. The van der Waals surface area contributed by atoms with Crippen LogP contribution >= 0.6 is 11.8 Å². The highest BCUT2D eigenvalue weighted by atomic mass is 32.2. The van der Waals surface area contributed by atoms with Crippen LogP contribution in [-0.2, 0) is 4.79 Å². The topological polar surface area (TPSA) is 17.1 Å². The fourth-order valence-electron chi connectivity index (χ4n) is 1.51. The number of carbonyl (C=O) groups excluding carboxylic acids is 1. The van der Waals surface area contributed by atoms with E-state index in [1.807, 2.05) is 0 Å². The summed E-state index contributed by atoms with van der Waals surface area (Å²) >= 11 is 1.55. The van der Waals surface area contributed by atoms with Gasteiger partial charge in [0.2, 0.25) is 0 Å². The fourth-order valence-corrected chi connectivity index (χ4v) is 2.38. The van der Waals surface area contributed by atoms with Crippen LogP contribution in [0.3, 0.4) is 0 Å². The van der Waals surface area contributed by atoms with E-state index in [0.29, 0.717) is 5.12 Å². The fraction of sp³-hybridized carbons (Fsp3) is 0.900. The van der Waals surface area contributed by atoms with Gasteiger partial charge in [0.25, 0.3) is 0 Å². The summed E-state index contributed by atoms with van der Waals surface area (Å²) in [5.74, 6) is 1.05. The number of carbonyl (C=O) groups is 1. The van der Waals surface area contributed by atoms with Gasteiger partial charge in [-0.15, -0.1) is 0 Å². The van der Waals surface area contributed by atoms with Crippen LogP contribution in [0, 0.1) is 0 Å². The van der Waals surface area contributed by atoms with Gasteiger partial charge in [0.05, 0.1) is 0 Å². The minimum Gasteiger partial charge on any atom is -0.287 e. The molecule has 1 aliphatic heterocycles. The van der Waals surface area contributed by atoms with Crippen molar-refractivity contribution in [1.29, 1.82) is 0 Å². The molecule has 1 aliphatic rings. The van der Waals surface area contributed by atoms with Crippen LogP contribution in [0.25, 0.3) is 0 Å². The molecule has 0 saturated carbocycles. The summed E-state index contributed by atoms with van der Waals surface area (Å²) in [6.07, 6.45) is 9.81. The third-order valence-electron chi connectivity index (χ3n) is 2.29. The maximum atomic E-state index is 11.2. The molecule has 0 aromatic rings. The molecule has 0 bridgehead atoms. The predicted octanol–water partition coefficient (Wildman–Crippen LogP) is 3.38. The molecule has 0 radical (unpaired) electrons. The molecule has 1 nitrogen and oxygen atoms in total. The molecular weight excluding hydrogens is 168 g/mol. The van der Waals surface area contributed by atoms with Crippen LogP contribution in [-0.4, -0.2) is 10.9 Å². The first kappa shape index (κ1) is 10.1. The third-order valence-corrected chi connectivity index (χ3v) is 3.31. The number of thioether (sulfide) groups is 1. The predicted molar refractivity (Wildman–Crippen MR) is 54.4 cm³/mol. The molecular formula is C10H18OS. The van der Waals surface area contributed by atoms with Crippen LogP contribution in [0.15, 0.2) is 0 Å². The Kier molecular flexibility index (Phi) is 5.50. The SMILES string of the molecule is O=C1CCCCCCCCCS1. The van der Waals surface area contributed by atoms with E-state index in [-0.39, 0.29) is 0 Å². The van der Waals surface area contributed by atoms with Crippen molar-refractivity contribution in [3.8, 4) is 0 Å². The van der Waals surface area contributed by atoms with Gasteiger partial charge in [-0.25, -0.2) is 0 Å². The number of rotatable bonds is 0. The van der Waals surface area contributed by atoms with Crippen molar-refractivity contribution in [2.45, 2.75) is 51.4 Å². The van der Waals surface area contributed by atoms with Crippen LogP contribution in [0.5, 0.6) is 0 Å². The van der Waals surface area contributed by atoms with E-state index in [9.17, 15) is 4.79 Å². The van der Waals surface area contributed by atoms with Gasteiger partial charge in [-0.1, -0.05) is 43.9 Å². The maximum absolute atomic E-state index is 11.2. The monoisotopic (exact) mass is 186 g/mol. The second-order valence-corrected chi connectivity index (χ2v) is 4.60. The number of hydrogen-bond acceptors (Lipinski definition) is 2. The zero-order valence-electron chi connectivity index (χ0n) is 7.68. The highest BCUT2D eigenvalue weighted by molar-refractivity contribution is 8.13. The highest BCUT2D eigenvalue weighted by Crippen LogP contribution is 2.16. The molecule has 12 heavy (non-hydrogen) atoms. The molecule has 2 heteroatoms. The minimum atomic E-state index is 0.414. The van der Waals surface area contributed by atoms with E-state index in [0.717, 1.165) is 18.6 Å². The molecule has 0 amide bonds. The van der Waals surface area contributed by atoms with Gasteiger partial charge in [-0.2, -0.15) is 0 Å². The van der Waals surface area contributed by atoms with Crippen molar-refractivity contribution in [3.05, 3.63) is 0 Å². The Balaban J connectivity index is 2.17. The Morgan fingerprint density at radius 1 is 0.833 bits per heavy atom. The van der Waals surface area contributed by atoms with Gasteiger partial charge in [-0.3, -0.25) is 4.79 Å². The Labute approximate surface area is 79.3 Å². The Bertz CT molecular complexity index is 120. The van der Waals surface area contributed by atoms with Gasteiger partial charge < -0.3 is 0 Å². The molecule has 0 spiro atoms. The van der Waals surface area contributed by atoms with Gasteiger partial charge >= 0.3 is 0 Å². The summed E-state index contributed by atoms with van der Waals surface area (Å²) in [6.45, 7) is 0. The summed E-state index contributed by atoms with van der Waals surface area (Å²) in [4.78, 5) is 11.2. The van der Waals surface area contributed by atoms with Crippen LogP contribution in [0.2, 0.25) is 0 Å². The van der Waals surface area contributed by atoms with Crippen molar-refractivity contribution >= 4 is 16.9 Å². The lowest BCUT2D eigenvalue weighted by atomic mass is 10.1. The van der Waals surface area contributed by atoms with Crippen molar-refractivity contribution < 1.29 is 4.79 Å². The summed E-state index contributed by atoms with van der Waals surface area (Å²) in [6, 6.07) is 0. The molecule has 1 saturated heterocycles. The summed E-state index contributed by atoms with van der Waals surface area (Å²) in [7, 11) is 0. The molecule has 1 rings (SSSR count). The lowest BCUT2D eigenvalue weighted by Gasteiger charge is -1.97. The second-order valence-electron chi connectivity index (χ2n) is 3.45. The molecule has 0 N–H and O–H groups in total. The molecule has 0 unspecified atom stereocenters. The lowest BCUT2D eigenvalue weighted by Crippen LogP contribution is -1.92. The summed E-state index contributed by atoms with van der Waals surface area (Å²) in [5, 5.41) is 0.414. The smallest absolute Gasteiger partial charge is 0.188 e. The molecule has 0 atom stereocenters. The van der Waals surface area contributed by atoms with Gasteiger partial charge in [0.15, 0.2) is 5.12 Å². The number of hydrogen-bond donors (Lipinski definition) is 0. The van der Waals surface area contributed by atoms with E-state index in [4.69, 9.17) is 0 Å². The molecule has 0 aliphatic carbocycles. The largest absolute Gasteiger partial charge is 0.287 e. The molecule has 1 fully saturated rings. The van der Waals surface area contributed by atoms with Crippen LogP contribution < -0.4 is 0 Å². The summed E-state index contributed by atoms with van der Waals surface area (Å²) < 4.78 is 0. The normalized spacial score (nSPS) is 23.2. The second kappa shape index (κ2) is 6.53. The first-order valence-electron chi connectivity index (χ1n) is 5.05. The minimum absolute atomic E-state index is 0.414. The van der Waals surface area contributed by atoms with E-state index in [1.165, 1.54) is 38.5 Å². The Morgan fingerprint density at radius 2 is 1.42 bits per heavy atom. The van der Waals surface area contributed by atoms with Crippen molar-refractivity contribution in [1.82, 2.24) is 0 Å². The van der Waals surface area contributed by atoms with Gasteiger partial charge in [0, 0.05) is 12.2 Å². The third kappa shape index (κ3) is 4.81. The van der Waals surface area contributed by atoms with E-state index >= 15 is 0 Å². The quantitative estimate of drug-likeness (QED) is 0.577. The first-order valence-corrected chi connectivity index (χ1v) is 6.04. The van der Waals surface area contributed by atoms with Gasteiger partial charge in [0.1, 0.15) is 0 Å². The molecule has 0 aromatic carbocycles. The van der Waals surface area contributed by atoms with Crippen LogP contribution in [0.1, 0.15) is 51.4 Å². The highest BCUT2D eigenvalue weighted by Gasteiger charge is 2.03. The van der Waals surface area contributed by atoms with Crippen molar-refractivity contribution in [3.63, 3.8) is 0 Å². The zero-order chi connectivity index (χ0) is 8.65. The standard InChI is InChI=1S/C10H18OS/c11-10-8-6-4-2-1-3-5-7-9-12-10/h1-9H2. The lowest BCUT2D eigenvalue weighted by molar-refractivity contribution is -0.111. The van der Waals surface area contributed by atoms with Crippen molar-refractivity contribution in [2.75, 3.05) is 5.75 Å². The maximum Gasteiger partial charge on any atom is 0.188 e. The molecule has 70 valence electrons. The van der Waals surface area contributed by atoms with E-state index in [1.54, 1.807) is 11.8 Å². The van der Waals surface area contributed by atoms with E-state index < -0.39 is 0 Å². The summed E-state index contributed by atoms with van der Waals surface area (Å²) in [5.41, 5.74) is 0. The van der Waals surface area contributed by atoms with Crippen molar-refractivity contribution in [2.24, 2.45) is 0 Å². The molecule has 0 aromatic heterocycles.